The first kappa shape index (κ1) is 12.2. The minimum Gasteiger partial charge on any atom is -0.353 e. The Morgan fingerprint density at radius 3 is 2.28 bits per heavy atom. The van der Waals surface area contributed by atoms with Crippen LogP contribution in [0.3, 0.4) is 0 Å². The van der Waals surface area contributed by atoms with Crippen LogP contribution in [0.15, 0.2) is 46.9 Å². The van der Waals surface area contributed by atoms with E-state index in [2.05, 4.69) is 33.4 Å². The Kier molecular flexibility index (Phi) is 3.62. The second-order valence-corrected chi connectivity index (χ2v) is 4.50. The molecule has 0 saturated heterocycles. The molecule has 0 fully saturated rings. The van der Waals surface area contributed by atoms with Crippen molar-refractivity contribution in [2.24, 2.45) is 0 Å². The molecule has 0 aliphatic heterocycles. The van der Waals surface area contributed by atoms with Crippen molar-refractivity contribution in [3.05, 3.63) is 58.1 Å². The second-order valence-electron chi connectivity index (χ2n) is 3.58. The third-order valence-corrected chi connectivity index (χ3v) is 2.91. The van der Waals surface area contributed by atoms with Crippen molar-refractivity contribution in [3.63, 3.8) is 0 Å². The molecule has 0 saturated carbocycles. The second kappa shape index (κ2) is 5.35. The number of hydrogen-bond acceptors (Lipinski definition) is 3. The lowest BCUT2D eigenvalue weighted by Crippen LogP contribution is -1.96. The number of anilines is 2. The molecule has 4 heteroatoms. The molecule has 0 spiro atoms. The number of benzene rings is 2. The summed E-state index contributed by atoms with van der Waals surface area (Å²) in [6.07, 6.45) is 0. The van der Waals surface area contributed by atoms with Gasteiger partial charge < -0.3 is 5.32 Å². The summed E-state index contributed by atoms with van der Waals surface area (Å²) in [5.74, 6) is 0. The Hall–Kier alpha value is -2.30. The lowest BCUT2D eigenvalue weighted by Gasteiger charge is -2.09. The monoisotopic (exact) mass is 297 g/mol. The van der Waals surface area contributed by atoms with Crippen molar-refractivity contribution < 1.29 is 0 Å². The fourth-order valence-corrected chi connectivity index (χ4v) is 1.91. The quantitative estimate of drug-likeness (QED) is 0.913. The maximum absolute atomic E-state index is 9.04. The topological polar surface area (TPSA) is 59.6 Å². The van der Waals surface area contributed by atoms with Gasteiger partial charge in [0.05, 0.1) is 22.5 Å². The van der Waals surface area contributed by atoms with E-state index in [-0.39, 0.29) is 0 Å². The number of para-hydroxylation sites is 1. The van der Waals surface area contributed by atoms with Gasteiger partial charge in [-0.25, -0.2) is 0 Å². The summed E-state index contributed by atoms with van der Waals surface area (Å²) in [4.78, 5) is 0. The Morgan fingerprint density at radius 2 is 1.56 bits per heavy atom. The zero-order chi connectivity index (χ0) is 13.0. The van der Waals surface area contributed by atoms with Crippen LogP contribution in [0.1, 0.15) is 11.1 Å². The molecule has 0 unspecified atom stereocenters. The molecule has 2 aromatic rings. The normalized spacial score (nSPS) is 9.28. The third-order valence-electron chi connectivity index (χ3n) is 2.42. The van der Waals surface area contributed by atoms with Gasteiger partial charge >= 0.3 is 0 Å². The Labute approximate surface area is 113 Å². The van der Waals surface area contributed by atoms with Gasteiger partial charge in [0.2, 0.25) is 0 Å². The molecule has 1 N–H and O–H groups in total. The number of halogens is 1. The lowest BCUT2D eigenvalue weighted by atomic mass is 10.1. The lowest BCUT2D eigenvalue weighted by molar-refractivity contribution is 1.43. The van der Waals surface area contributed by atoms with Gasteiger partial charge in [-0.1, -0.05) is 28.1 Å². The predicted octanol–water partition coefficient (Wildman–Crippen LogP) is 3.94. The van der Waals surface area contributed by atoms with E-state index in [0.29, 0.717) is 22.5 Å². The van der Waals surface area contributed by atoms with Gasteiger partial charge in [0.25, 0.3) is 0 Å². The molecule has 0 bridgehead atoms. The van der Waals surface area contributed by atoms with Crippen LogP contribution in [0.2, 0.25) is 0 Å². The molecule has 0 amide bonds. The Bertz CT molecular complexity index is 665. The van der Waals surface area contributed by atoms with Crippen molar-refractivity contribution in [2.45, 2.75) is 0 Å². The Balaban J connectivity index is 2.44. The number of nitrogens with one attached hydrogen (secondary N) is 1. The molecule has 0 heterocycles. The van der Waals surface area contributed by atoms with E-state index in [9.17, 15) is 0 Å². The summed E-state index contributed by atoms with van der Waals surface area (Å²) < 4.78 is 0.874. The maximum Gasteiger partial charge on any atom is 0.101 e. The molecule has 0 aromatic heterocycles. The van der Waals surface area contributed by atoms with Crippen molar-refractivity contribution >= 4 is 27.3 Å². The number of nitrogens with zero attached hydrogens (tertiary/aromatic N) is 2. The van der Waals surface area contributed by atoms with Crippen LogP contribution in [0.25, 0.3) is 0 Å². The van der Waals surface area contributed by atoms with E-state index in [4.69, 9.17) is 10.5 Å². The van der Waals surface area contributed by atoms with Crippen LogP contribution in [-0.2, 0) is 0 Å². The van der Waals surface area contributed by atoms with Crippen molar-refractivity contribution in [1.29, 1.82) is 10.5 Å². The standard InChI is InChI=1S/C14H8BrN3/c15-12-6-5-11(9-17)14(7-12)18-13-4-2-1-3-10(13)8-16/h1-7,18H. The molecule has 0 radical (unpaired) electrons. The zero-order valence-corrected chi connectivity index (χ0v) is 10.9. The number of hydrogen-bond donors (Lipinski definition) is 1. The summed E-state index contributed by atoms with van der Waals surface area (Å²) in [6, 6.07) is 16.7. The van der Waals surface area contributed by atoms with Crippen LogP contribution in [0, 0.1) is 22.7 Å². The summed E-state index contributed by atoms with van der Waals surface area (Å²) in [5, 5.41) is 21.2. The average molecular weight is 298 g/mol. The van der Waals surface area contributed by atoms with Gasteiger partial charge in [-0.2, -0.15) is 10.5 Å². The first-order valence-electron chi connectivity index (χ1n) is 5.20. The molecule has 86 valence electrons. The van der Waals surface area contributed by atoms with Crippen LogP contribution in [0.4, 0.5) is 11.4 Å². The number of nitriles is 2. The minimum absolute atomic E-state index is 0.533. The van der Waals surface area contributed by atoms with E-state index in [0.717, 1.165) is 4.47 Å². The van der Waals surface area contributed by atoms with E-state index in [1.54, 1.807) is 30.3 Å². The fraction of sp³-hybridized carbons (Fsp3) is 0. The van der Waals surface area contributed by atoms with Gasteiger partial charge in [-0.15, -0.1) is 0 Å². The molecule has 0 aliphatic carbocycles. The minimum atomic E-state index is 0.533. The van der Waals surface area contributed by atoms with Gasteiger partial charge in [0.15, 0.2) is 0 Å². The summed E-state index contributed by atoms with van der Waals surface area (Å²) in [7, 11) is 0. The molecule has 3 nitrogen and oxygen atoms in total. The first-order chi connectivity index (χ1) is 8.74. The number of rotatable bonds is 2. The van der Waals surface area contributed by atoms with Gasteiger partial charge in [-0.3, -0.25) is 0 Å². The summed E-state index contributed by atoms with van der Waals surface area (Å²) in [6.45, 7) is 0. The fourth-order valence-electron chi connectivity index (χ4n) is 1.55. The van der Waals surface area contributed by atoms with Crippen molar-refractivity contribution in [3.8, 4) is 12.1 Å². The average Bonchev–Trinajstić information content (AvgIpc) is 2.40. The van der Waals surface area contributed by atoms with Crippen molar-refractivity contribution in [1.82, 2.24) is 0 Å². The van der Waals surface area contributed by atoms with Gasteiger partial charge in [0, 0.05) is 4.47 Å². The van der Waals surface area contributed by atoms with Crippen LogP contribution in [-0.4, -0.2) is 0 Å². The van der Waals surface area contributed by atoms with Crippen LogP contribution >= 0.6 is 15.9 Å². The van der Waals surface area contributed by atoms with E-state index in [1.165, 1.54) is 0 Å². The third kappa shape index (κ3) is 2.51. The SMILES string of the molecule is N#Cc1ccccc1Nc1cc(Br)ccc1C#N. The highest BCUT2D eigenvalue weighted by Crippen LogP contribution is 2.26. The molecule has 2 aromatic carbocycles. The summed E-state index contributed by atoms with van der Waals surface area (Å²) >= 11 is 3.36. The molecular weight excluding hydrogens is 290 g/mol. The molecule has 2 rings (SSSR count). The highest BCUT2D eigenvalue weighted by Gasteiger charge is 2.06. The molecule has 0 aliphatic rings. The Morgan fingerprint density at radius 1 is 0.889 bits per heavy atom. The van der Waals surface area contributed by atoms with Crippen molar-refractivity contribution in [2.75, 3.05) is 5.32 Å². The van der Waals surface area contributed by atoms with E-state index in [1.807, 2.05) is 12.1 Å². The predicted molar refractivity (Wildman–Crippen MR) is 73.3 cm³/mol. The smallest absolute Gasteiger partial charge is 0.101 e. The largest absolute Gasteiger partial charge is 0.353 e. The summed E-state index contributed by atoms with van der Waals surface area (Å²) in [5.41, 5.74) is 2.44. The van der Waals surface area contributed by atoms with E-state index >= 15 is 0 Å². The molecular formula is C14H8BrN3. The highest BCUT2D eigenvalue weighted by atomic mass is 79.9. The van der Waals surface area contributed by atoms with E-state index < -0.39 is 0 Å². The maximum atomic E-state index is 9.04. The van der Waals surface area contributed by atoms with Crippen LogP contribution in [0.5, 0.6) is 0 Å². The van der Waals surface area contributed by atoms with Gasteiger partial charge in [0.1, 0.15) is 12.1 Å². The van der Waals surface area contributed by atoms with Gasteiger partial charge in [-0.05, 0) is 30.3 Å². The highest BCUT2D eigenvalue weighted by molar-refractivity contribution is 9.10. The van der Waals surface area contributed by atoms with Crippen LogP contribution < -0.4 is 5.32 Å². The molecule has 0 atom stereocenters. The molecule has 18 heavy (non-hydrogen) atoms. The first-order valence-corrected chi connectivity index (χ1v) is 5.99. The zero-order valence-electron chi connectivity index (χ0n) is 9.31.